The highest BCUT2D eigenvalue weighted by molar-refractivity contribution is 5.90. The number of para-hydroxylation sites is 1. The minimum Gasteiger partial charge on any atom is -0.465 e. The van der Waals surface area contributed by atoms with Crippen LogP contribution in [0.25, 0.3) is 17.0 Å². The molecular formula is C22H19NO4. The van der Waals surface area contributed by atoms with Crippen LogP contribution in [0.15, 0.2) is 66.9 Å². The van der Waals surface area contributed by atoms with Gasteiger partial charge in [0.1, 0.15) is 6.10 Å². The molecule has 1 aromatic heterocycles. The standard InChI is InChI=1S/C22H19NO4/c1-15(19-13-18-5-3-4-6-20(18)23-14-19)27-21(24)12-9-16-7-10-17(11-8-16)22(25)26-2/h3-15H,1-2H3. The molecule has 0 aliphatic heterocycles. The molecular weight excluding hydrogens is 342 g/mol. The van der Waals surface area contributed by atoms with Crippen LogP contribution in [-0.4, -0.2) is 24.0 Å². The van der Waals surface area contributed by atoms with Crippen molar-refractivity contribution >= 4 is 28.9 Å². The number of nitrogens with zero attached hydrogens (tertiary/aromatic N) is 1. The summed E-state index contributed by atoms with van der Waals surface area (Å²) < 4.78 is 10.1. The third-order valence-corrected chi connectivity index (χ3v) is 4.12. The molecule has 5 heteroatoms. The Labute approximate surface area is 157 Å². The summed E-state index contributed by atoms with van der Waals surface area (Å²) >= 11 is 0. The van der Waals surface area contributed by atoms with Crippen molar-refractivity contribution in [3.8, 4) is 0 Å². The van der Waals surface area contributed by atoms with E-state index >= 15 is 0 Å². The number of hydrogen-bond acceptors (Lipinski definition) is 5. The number of aromatic nitrogens is 1. The Balaban J connectivity index is 1.63. The number of carbonyl (C=O) groups is 2. The average molecular weight is 361 g/mol. The number of esters is 2. The van der Waals surface area contributed by atoms with Gasteiger partial charge in [0.05, 0.1) is 18.2 Å². The Morgan fingerprint density at radius 1 is 1.07 bits per heavy atom. The number of hydrogen-bond donors (Lipinski definition) is 0. The lowest BCUT2D eigenvalue weighted by Gasteiger charge is -2.12. The molecule has 1 heterocycles. The van der Waals surface area contributed by atoms with E-state index < -0.39 is 18.0 Å². The second kappa shape index (κ2) is 8.27. The van der Waals surface area contributed by atoms with Gasteiger partial charge in [-0.05, 0) is 42.8 Å². The summed E-state index contributed by atoms with van der Waals surface area (Å²) in [7, 11) is 1.33. The van der Waals surface area contributed by atoms with Gasteiger partial charge in [0.2, 0.25) is 0 Å². The Morgan fingerprint density at radius 3 is 2.56 bits per heavy atom. The molecule has 5 nitrogen and oxygen atoms in total. The maximum atomic E-state index is 12.1. The first-order chi connectivity index (χ1) is 13.1. The van der Waals surface area contributed by atoms with Crippen LogP contribution in [-0.2, 0) is 14.3 Å². The summed E-state index contributed by atoms with van der Waals surface area (Å²) in [6.45, 7) is 1.81. The third-order valence-electron chi connectivity index (χ3n) is 4.12. The number of ether oxygens (including phenoxy) is 2. The molecule has 136 valence electrons. The van der Waals surface area contributed by atoms with Crippen LogP contribution >= 0.6 is 0 Å². The van der Waals surface area contributed by atoms with Gasteiger partial charge < -0.3 is 9.47 Å². The van der Waals surface area contributed by atoms with Gasteiger partial charge in [0, 0.05) is 23.2 Å². The molecule has 27 heavy (non-hydrogen) atoms. The van der Waals surface area contributed by atoms with Crippen molar-refractivity contribution in [2.45, 2.75) is 13.0 Å². The highest BCUT2D eigenvalue weighted by Gasteiger charge is 2.11. The van der Waals surface area contributed by atoms with Crippen LogP contribution in [0.3, 0.4) is 0 Å². The van der Waals surface area contributed by atoms with Crippen molar-refractivity contribution in [3.05, 3.63) is 83.6 Å². The fourth-order valence-corrected chi connectivity index (χ4v) is 2.60. The van der Waals surface area contributed by atoms with E-state index in [2.05, 4.69) is 9.72 Å². The van der Waals surface area contributed by atoms with E-state index in [4.69, 9.17) is 4.74 Å². The molecule has 0 saturated heterocycles. The Morgan fingerprint density at radius 2 is 1.81 bits per heavy atom. The minimum atomic E-state index is -0.451. The van der Waals surface area contributed by atoms with E-state index in [9.17, 15) is 9.59 Å². The van der Waals surface area contributed by atoms with Gasteiger partial charge in [-0.1, -0.05) is 30.3 Å². The van der Waals surface area contributed by atoms with Crippen LogP contribution < -0.4 is 0 Å². The maximum Gasteiger partial charge on any atom is 0.337 e. The van der Waals surface area contributed by atoms with Gasteiger partial charge in [-0.2, -0.15) is 0 Å². The molecule has 3 aromatic rings. The van der Waals surface area contributed by atoms with Crippen LogP contribution in [0.5, 0.6) is 0 Å². The first kappa shape index (κ1) is 18.3. The SMILES string of the molecule is COC(=O)c1ccc(C=CC(=O)OC(C)c2cnc3ccccc3c2)cc1. The van der Waals surface area contributed by atoms with Gasteiger partial charge in [-0.15, -0.1) is 0 Å². The molecule has 0 saturated carbocycles. The van der Waals surface area contributed by atoms with Crippen molar-refractivity contribution in [3.63, 3.8) is 0 Å². The lowest BCUT2D eigenvalue weighted by atomic mass is 10.1. The van der Waals surface area contributed by atoms with E-state index in [1.54, 1.807) is 36.5 Å². The number of fused-ring (bicyclic) bond motifs is 1. The van der Waals surface area contributed by atoms with Crippen molar-refractivity contribution in [1.82, 2.24) is 4.98 Å². The van der Waals surface area contributed by atoms with Crippen LogP contribution in [0, 0.1) is 0 Å². The molecule has 0 N–H and O–H groups in total. The monoisotopic (exact) mass is 361 g/mol. The summed E-state index contributed by atoms with van der Waals surface area (Å²) in [5.41, 5.74) is 2.96. The van der Waals surface area contributed by atoms with Crippen LogP contribution in [0.1, 0.15) is 34.5 Å². The summed E-state index contributed by atoms with van der Waals surface area (Å²) in [6, 6.07) is 16.5. The Hall–Kier alpha value is -3.47. The molecule has 0 aliphatic rings. The Kier molecular flexibility index (Phi) is 5.61. The molecule has 3 rings (SSSR count). The van der Waals surface area contributed by atoms with Crippen molar-refractivity contribution in [2.75, 3.05) is 7.11 Å². The normalized spacial score (nSPS) is 12.1. The lowest BCUT2D eigenvalue weighted by molar-refractivity contribution is -0.142. The number of methoxy groups -OCH3 is 1. The van der Waals surface area contributed by atoms with E-state index in [0.717, 1.165) is 22.0 Å². The molecule has 1 atom stereocenters. The minimum absolute atomic E-state index is 0.400. The van der Waals surface area contributed by atoms with E-state index in [1.165, 1.54) is 13.2 Å². The first-order valence-corrected chi connectivity index (χ1v) is 8.48. The largest absolute Gasteiger partial charge is 0.465 e. The van der Waals surface area contributed by atoms with Crippen molar-refractivity contribution in [1.29, 1.82) is 0 Å². The molecule has 0 aliphatic carbocycles. The maximum absolute atomic E-state index is 12.1. The first-order valence-electron chi connectivity index (χ1n) is 8.48. The summed E-state index contributed by atoms with van der Waals surface area (Å²) in [6.07, 6.45) is 4.29. The molecule has 0 amide bonds. The highest BCUT2D eigenvalue weighted by Crippen LogP contribution is 2.21. The van der Waals surface area contributed by atoms with Gasteiger partial charge in [-0.3, -0.25) is 4.98 Å². The second-order valence-electron chi connectivity index (χ2n) is 5.99. The molecule has 0 radical (unpaired) electrons. The lowest BCUT2D eigenvalue weighted by Crippen LogP contribution is -2.06. The Bertz CT molecular complexity index is 993. The van der Waals surface area contributed by atoms with Crippen LogP contribution in [0.4, 0.5) is 0 Å². The molecule has 0 bridgehead atoms. The molecule has 0 spiro atoms. The summed E-state index contributed by atoms with van der Waals surface area (Å²) in [5, 5.41) is 0.999. The van der Waals surface area contributed by atoms with Gasteiger partial charge in [-0.25, -0.2) is 9.59 Å². The quantitative estimate of drug-likeness (QED) is 0.500. The van der Waals surface area contributed by atoms with Gasteiger partial charge in [0.15, 0.2) is 0 Å². The van der Waals surface area contributed by atoms with Gasteiger partial charge in [0.25, 0.3) is 0 Å². The molecule has 0 fully saturated rings. The number of benzene rings is 2. The zero-order valence-electron chi connectivity index (χ0n) is 15.1. The van der Waals surface area contributed by atoms with Crippen molar-refractivity contribution in [2.24, 2.45) is 0 Å². The van der Waals surface area contributed by atoms with E-state index in [-0.39, 0.29) is 0 Å². The van der Waals surface area contributed by atoms with Crippen LogP contribution in [0.2, 0.25) is 0 Å². The summed E-state index contributed by atoms with van der Waals surface area (Å²) in [5.74, 6) is -0.851. The predicted molar refractivity (Wildman–Crippen MR) is 103 cm³/mol. The van der Waals surface area contributed by atoms with E-state index in [0.29, 0.717) is 5.56 Å². The zero-order chi connectivity index (χ0) is 19.2. The third kappa shape index (κ3) is 4.58. The molecule has 2 aromatic carbocycles. The smallest absolute Gasteiger partial charge is 0.337 e. The second-order valence-corrected chi connectivity index (χ2v) is 5.99. The topological polar surface area (TPSA) is 65.5 Å². The van der Waals surface area contributed by atoms with Gasteiger partial charge >= 0.3 is 11.9 Å². The number of carbonyl (C=O) groups excluding carboxylic acids is 2. The number of pyridine rings is 1. The van der Waals surface area contributed by atoms with Crippen molar-refractivity contribution < 1.29 is 19.1 Å². The average Bonchev–Trinajstić information content (AvgIpc) is 2.71. The van der Waals surface area contributed by atoms with E-state index in [1.807, 2.05) is 37.3 Å². The fraction of sp³-hybridized carbons (Fsp3) is 0.136. The predicted octanol–water partition coefficient (Wildman–Crippen LogP) is 4.34. The summed E-state index contributed by atoms with van der Waals surface area (Å²) in [4.78, 5) is 27.9. The molecule has 1 unspecified atom stereocenters. The highest BCUT2D eigenvalue weighted by atomic mass is 16.5. The zero-order valence-corrected chi connectivity index (χ0v) is 15.1. The number of rotatable bonds is 5. The fourth-order valence-electron chi connectivity index (χ4n) is 2.60.